The first-order chi connectivity index (χ1) is 9.49. The van der Waals surface area contributed by atoms with Gasteiger partial charge in [0.2, 0.25) is 5.91 Å². The Bertz CT molecular complexity index is 627. The molecule has 2 unspecified atom stereocenters. The molecule has 3 nitrogen and oxygen atoms in total. The molecule has 4 N–H and O–H groups in total. The number of hydrogen-bond acceptors (Lipinski definition) is 2. The molecule has 2 rings (SSSR count). The first kappa shape index (κ1) is 15.0. The van der Waals surface area contributed by atoms with Crippen molar-refractivity contribution >= 4 is 32.6 Å². The maximum atomic E-state index is 11.0. The Labute approximate surface area is 127 Å². The minimum atomic E-state index is -0.273. The molecule has 0 bridgehead atoms. The van der Waals surface area contributed by atoms with Crippen molar-refractivity contribution in [2.45, 2.75) is 25.8 Å². The number of hydrogen-bond donors (Lipinski definition) is 2. The third-order valence-electron chi connectivity index (χ3n) is 3.51. The van der Waals surface area contributed by atoms with Gasteiger partial charge in [-0.2, -0.15) is 0 Å². The number of benzene rings is 2. The Hall–Kier alpha value is -1.39. The third-order valence-corrected chi connectivity index (χ3v) is 4.20. The second-order valence-electron chi connectivity index (χ2n) is 5.30. The molecule has 0 radical (unpaired) electrons. The van der Waals surface area contributed by atoms with E-state index in [2.05, 4.69) is 28.1 Å². The number of rotatable bonds is 5. The lowest BCUT2D eigenvalue weighted by molar-refractivity contribution is -0.118. The zero-order chi connectivity index (χ0) is 14.7. The number of halogens is 1. The van der Waals surface area contributed by atoms with Gasteiger partial charge in [0, 0.05) is 16.9 Å². The highest BCUT2D eigenvalue weighted by molar-refractivity contribution is 9.10. The number of carbonyl (C=O) groups excluding carboxylic acids is 1. The first-order valence-electron chi connectivity index (χ1n) is 6.70. The van der Waals surface area contributed by atoms with Crippen molar-refractivity contribution in [2.24, 2.45) is 17.4 Å². The molecule has 4 heteroatoms. The maximum absolute atomic E-state index is 11.0. The molecule has 0 saturated heterocycles. The van der Waals surface area contributed by atoms with Crippen LogP contribution in [0.1, 0.15) is 31.4 Å². The summed E-state index contributed by atoms with van der Waals surface area (Å²) in [6, 6.07) is 12.2. The second kappa shape index (κ2) is 6.37. The highest BCUT2D eigenvalue weighted by Gasteiger charge is 2.15. The molecule has 0 heterocycles. The minimum absolute atomic E-state index is 0.0950. The standard InChI is InChI=1S/C16H19BrN2O/c1-10(9-16(19)20)8-15(18)13-6-7-14(17)12-5-3-2-4-11(12)13/h2-7,10,15H,8-9,18H2,1H3,(H2,19,20). The van der Waals surface area contributed by atoms with Gasteiger partial charge in [0.1, 0.15) is 0 Å². The molecule has 0 spiro atoms. The van der Waals surface area contributed by atoms with Gasteiger partial charge in [-0.3, -0.25) is 4.79 Å². The van der Waals surface area contributed by atoms with Gasteiger partial charge in [-0.1, -0.05) is 53.2 Å². The summed E-state index contributed by atoms with van der Waals surface area (Å²) in [6.07, 6.45) is 1.12. The van der Waals surface area contributed by atoms with Gasteiger partial charge in [0.15, 0.2) is 0 Å². The van der Waals surface area contributed by atoms with E-state index in [0.29, 0.717) is 6.42 Å². The van der Waals surface area contributed by atoms with Crippen molar-refractivity contribution in [3.8, 4) is 0 Å². The van der Waals surface area contributed by atoms with E-state index in [1.165, 1.54) is 0 Å². The molecule has 2 aromatic rings. The van der Waals surface area contributed by atoms with E-state index >= 15 is 0 Å². The fourth-order valence-corrected chi connectivity index (χ4v) is 3.07. The zero-order valence-electron chi connectivity index (χ0n) is 11.5. The van der Waals surface area contributed by atoms with E-state index < -0.39 is 0 Å². The Morgan fingerprint density at radius 2 is 1.85 bits per heavy atom. The summed E-state index contributed by atoms with van der Waals surface area (Å²) >= 11 is 3.56. The van der Waals surface area contributed by atoms with Gasteiger partial charge in [0.25, 0.3) is 0 Å². The van der Waals surface area contributed by atoms with Crippen LogP contribution in [0.15, 0.2) is 40.9 Å². The Morgan fingerprint density at radius 3 is 2.50 bits per heavy atom. The van der Waals surface area contributed by atoms with Crippen molar-refractivity contribution in [1.29, 1.82) is 0 Å². The fourth-order valence-electron chi connectivity index (χ4n) is 2.60. The fraction of sp³-hybridized carbons (Fsp3) is 0.312. The number of fused-ring (bicyclic) bond motifs is 1. The molecule has 0 aromatic heterocycles. The lowest BCUT2D eigenvalue weighted by Crippen LogP contribution is -2.19. The summed E-state index contributed by atoms with van der Waals surface area (Å²) in [4.78, 5) is 11.0. The number of primary amides is 1. The lowest BCUT2D eigenvalue weighted by Gasteiger charge is -2.19. The van der Waals surface area contributed by atoms with E-state index in [9.17, 15) is 4.79 Å². The number of nitrogens with two attached hydrogens (primary N) is 2. The molecule has 1 amide bonds. The highest BCUT2D eigenvalue weighted by Crippen LogP contribution is 2.31. The summed E-state index contributed by atoms with van der Waals surface area (Å²) in [5.41, 5.74) is 12.7. The molecule has 0 aliphatic heterocycles. The zero-order valence-corrected chi connectivity index (χ0v) is 13.1. The van der Waals surface area contributed by atoms with E-state index in [4.69, 9.17) is 11.5 Å². The quantitative estimate of drug-likeness (QED) is 0.878. The SMILES string of the molecule is CC(CC(N)=O)CC(N)c1ccc(Br)c2ccccc12. The van der Waals surface area contributed by atoms with Crippen molar-refractivity contribution in [1.82, 2.24) is 0 Å². The van der Waals surface area contributed by atoms with Crippen molar-refractivity contribution in [2.75, 3.05) is 0 Å². The Kier molecular flexibility index (Phi) is 4.78. The molecule has 2 atom stereocenters. The molecule has 0 aliphatic rings. The second-order valence-corrected chi connectivity index (χ2v) is 6.15. The monoisotopic (exact) mass is 334 g/mol. The molecule has 0 fully saturated rings. The minimum Gasteiger partial charge on any atom is -0.370 e. The lowest BCUT2D eigenvalue weighted by atomic mass is 9.91. The average Bonchev–Trinajstić information content (AvgIpc) is 2.38. The van der Waals surface area contributed by atoms with E-state index in [-0.39, 0.29) is 17.9 Å². The summed E-state index contributed by atoms with van der Waals surface area (Å²) in [7, 11) is 0. The summed E-state index contributed by atoms with van der Waals surface area (Å²) in [6.45, 7) is 2.01. The molecule has 20 heavy (non-hydrogen) atoms. The normalized spacial score (nSPS) is 14.2. The predicted molar refractivity (Wildman–Crippen MR) is 86.2 cm³/mol. The van der Waals surface area contributed by atoms with Crippen LogP contribution in [-0.2, 0) is 4.79 Å². The summed E-state index contributed by atoms with van der Waals surface area (Å²) < 4.78 is 1.06. The van der Waals surface area contributed by atoms with Crippen molar-refractivity contribution in [3.63, 3.8) is 0 Å². The highest BCUT2D eigenvalue weighted by atomic mass is 79.9. The van der Waals surface area contributed by atoms with Crippen LogP contribution < -0.4 is 11.5 Å². The third kappa shape index (κ3) is 3.38. The van der Waals surface area contributed by atoms with Crippen LogP contribution in [0.4, 0.5) is 0 Å². The Morgan fingerprint density at radius 1 is 1.20 bits per heavy atom. The van der Waals surface area contributed by atoms with Crippen LogP contribution in [-0.4, -0.2) is 5.91 Å². The van der Waals surface area contributed by atoms with E-state index in [0.717, 1.165) is 27.2 Å². The van der Waals surface area contributed by atoms with Crippen LogP contribution in [0.3, 0.4) is 0 Å². The molecule has 2 aromatic carbocycles. The number of carbonyl (C=O) groups is 1. The summed E-state index contributed by atoms with van der Waals surface area (Å²) in [5, 5.41) is 2.31. The van der Waals surface area contributed by atoms with Gasteiger partial charge < -0.3 is 11.5 Å². The first-order valence-corrected chi connectivity index (χ1v) is 7.49. The van der Waals surface area contributed by atoms with E-state index in [1.54, 1.807) is 0 Å². The van der Waals surface area contributed by atoms with Crippen molar-refractivity contribution in [3.05, 3.63) is 46.4 Å². The predicted octanol–water partition coefficient (Wildman–Crippen LogP) is 3.50. The largest absolute Gasteiger partial charge is 0.370 e. The molecule has 106 valence electrons. The van der Waals surface area contributed by atoms with Crippen LogP contribution in [0.5, 0.6) is 0 Å². The van der Waals surface area contributed by atoms with Gasteiger partial charge in [-0.25, -0.2) is 0 Å². The van der Waals surface area contributed by atoms with Crippen LogP contribution in [0.2, 0.25) is 0 Å². The van der Waals surface area contributed by atoms with Gasteiger partial charge >= 0.3 is 0 Å². The van der Waals surface area contributed by atoms with Crippen LogP contribution in [0, 0.1) is 5.92 Å². The average molecular weight is 335 g/mol. The molecular weight excluding hydrogens is 316 g/mol. The molecule has 0 aliphatic carbocycles. The summed E-state index contributed by atoms with van der Waals surface area (Å²) in [5.74, 6) is -0.0877. The topological polar surface area (TPSA) is 69.1 Å². The number of amides is 1. The smallest absolute Gasteiger partial charge is 0.217 e. The van der Waals surface area contributed by atoms with E-state index in [1.807, 2.05) is 31.2 Å². The van der Waals surface area contributed by atoms with Crippen LogP contribution in [0.25, 0.3) is 10.8 Å². The maximum Gasteiger partial charge on any atom is 0.217 e. The van der Waals surface area contributed by atoms with Gasteiger partial charge in [-0.15, -0.1) is 0 Å². The van der Waals surface area contributed by atoms with Gasteiger partial charge in [0.05, 0.1) is 0 Å². The Balaban J connectivity index is 2.28. The molecular formula is C16H19BrN2O. The van der Waals surface area contributed by atoms with Gasteiger partial charge in [-0.05, 0) is 34.7 Å². The van der Waals surface area contributed by atoms with Crippen molar-refractivity contribution < 1.29 is 4.79 Å². The molecule has 0 saturated carbocycles. The van der Waals surface area contributed by atoms with Crippen LogP contribution >= 0.6 is 15.9 Å².